The molecular formula is C19H25NO6. The van der Waals surface area contributed by atoms with Gasteiger partial charge in [-0.2, -0.15) is 0 Å². The molecule has 0 spiro atoms. The van der Waals surface area contributed by atoms with Crippen molar-refractivity contribution in [3.63, 3.8) is 0 Å². The predicted molar refractivity (Wildman–Crippen MR) is 92.3 cm³/mol. The number of hydrogen-bond donors (Lipinski definition) is 1. The lowest BCUT2D eigenvalue weighted by Gasteiger charge is -2.36. The van der Waals surface area contributed by atoms with Gasteiger partial charge < -0.3 is 29.0 Å². The Kier molecular flexibility index (Phi) is 4.13. The first-order valence-electron chi connectivity index (χ1n) is 8.88. The molecular weight excluding hydrogens is 338 g/mol. The van der Waals surface area contributed by atoms with Crippen molar-refractivity contribution in [2.24, 2.45) is 0 Å². The largest absolute Gasteiger partial charge is 0.342 e. The third-order valence-corrected chi connectivity index (χ3v) is 4.82. The summed E-state index contributed by atoms with van der Waals surface area (Å²) in [5.74, 6) is -1.93. The number of benzene rings is 1. The van der Waals surface area contributed by atoms with Gasteiger partial charge in [-0.25, -0.2) is 0 Å². The number of rotatable bonds is 2. The van der Waals surface area contributed by atoms with Gasteiger partial charge in [-0.05, 0) is 46.2 Å². The fourth-order valence-electron chi connectivity index (χ4n) is 3.74. The lowest BCUT2D eigenvalue weighted by atomic mass is 9.98. The van der Waals surface area contributed by atoms with E-state index in [1.54, 1.807) is 0 Å². The molecule has 0 unspecified atom stereocenters. The molecule has 0 bridgehead atoms. The van der Waals surface area contributed by atoms with Gasteiger partial charge >= 0.3 is 0 Å². The average Bonchev–Trinajstić information content (AvgIpc) is 3.02. The van der Waals surface area contributed by atoms with Crippen LogP contribution in [0.4, 0.5) is 5.69 Å². The van der Waals surface area contributed by atoms with Crippen LogP contribution in [0.15, 0.2) is 24.3 Å². The van der Waals surface area contributed by atoms with Gasteiger partial charge in [0.25, 0.3) is 5.91 Å². The topological polar surface area (TPSA) is 75.3 Å². The highest BCUT2D eigenvalue weighted by molar-refractivity contribution is 5.95. The Bertz CT molecular complexity index is 718. The van der Waals surface area contributed by atoms with Crippen LogP contribution in [0.2, 0.25) is 0 Å². The standard InChI is InChI=1S/C19H25NO6/c1-10-8-6-7-9-11(10)20-16(21)14-12-13(24-18(2,3)23-12)15-17(22-14)26-19(4,5)25-15/h6-9,12-15,17H,1-5H3,(H,20,21)/t12-,13+,14-,15+,17+/m0/s1. The molecule has 0 aliphatic carbocycles. The van der Waals surface area contributed by atoms with Gasteiger partial charge in [-0.1, -0.05) is 18.2 Å². The van der Waals surface area contributed by atoms with Crippen LogP contribution in [-0.2, 0) is 28.5 Å². The van der Waals surface area contributed by atoms with Crippen LogP contribution in [0.3, 0.4) is 0 Å². The van der Waals surface area contributed by atoms with Crippen LogP contribution in [0.5, 0.6) is 0 Å². The Balaban J connectivity index is 1.59. The molecule has 1 amide bonds. The number of fused-ring (bicyclic) bond motifs is 3. The van der Waals surface area contributed by atoms with Gasteiger partial charge in [-0.15, -0.1) is 0 Å². The second-order valence-electron chi connectivity index (χ2n) is 7.89. The third-order valence-electron chi connectivity index (χ3n) is 4.82. The molecule has 7 nitrogen and oxygen atoms in total. The Morgan fingerprint density at radius 3 is 2.27 bits per heavy atom. The van der Waals surface area contributed by atoms with Crippen LogP contribution in [0, 0.1) is 6.92 Å². The van der Waals surface area contributed by atoms with Gasteiger partial charge in [0.2, 0.25) is 0 Å². The molecule has 3 fully saturated rings. The summed E-state index contributed by atoms with van der Waals surface area (Å²) in [7, 11) is 0. The van der Waals surface area contributed by atoms with Crippen LogP contribution in [0.25, 0.3) is 0 Å². The average molecular weight is 363 g/mol. The quantitative estimate of drug-likeness (QED) is 0.869. The molecule has 1 aromatic rings. The molecule has 142 valence electrons. The minimum Gasteiger partial charge on any atom is -0.342 e. The monoisotopic (exact) mass is 363 g/mol. The number of carbonyl (C=O) groups excluding carboxylic acids is 1. The van der Waals surface area contributed by atoms with Crippen molar-refractivity contribution in [3.8, 4) is 0 Å². The van der Waals surface area contributed by atoms with Crippen LogP contribution >= 0.6 is 0 Å². The minimum absolute atomic E-state index is 0.289. The van der Waals surface area contributed by atoms with Gasteiger partial charge in [0.05, 0.1) is 0 Å². The molecule has 3 aliphatic heterocycles. The van der Waals surface area contributed by atoms with E-state index in [-0.39, 0.29) is 5.91 Å². The highest BCUT2D eigenvalue weighted by Crippen LogP contribution is 2.44. The molecule has 1 aromatic carbocycles. The van der Waals surface area contributed by atoms with Crippen molar-refractivity contribution >= 4 is 11.6 Å². The number of aryl methyl sites for hydroxylation is 1. The van der Waals surface area contributed by atoms with E-state index in [1.165, 1.54) is 0 Å². The van der Waals surface area contributed by atoms with E-state index in [0.717, 1.165) is 11.3 Å². The van der Waals surface area contributed by atoms with Gasteiger partial charge in [-0.3, -0.25) is 4.79 Å². The molecule has 7 heteroatoms. The maximum atomic E-state index is 13.0. The normalized spacial score (nSPS) is 37.0. The van der Waals surface area contributed by atoms with E-state index < -0.39 is 42.3 Å². The summed E-state index contributed by atoms with van der Waals surface area (Å²) < 4.78 is 29.7. The molecule has 3 aliphatic rings. The van der Waals surface area contributed by atoms with Crippen molar-refractivity contribution in [2.75, 3.05) is 5.32 Å². The molecule has 5 atom stereocenters. The number of nitrogens with one attached hydrogen (secondary N) is 1. The molecule has 0 aromatic heterocycles. The summed E-state index contributed by atoms with van der Waals surface area (Å²) in [6.07, 6.45) is -3.01. The summed E-state index contributed by atoms with van der Waals surface area (Å²) >= 11 is 0. The van der Waals surface area contributed by atoms with E-state index >= 15 is 0 Å². The fourth-order valence-corrected chi connectivity index (χ4v) is 3.74. The Hall–Kier alpha value is -1.51. The first kappa shape index (κ1) is 17.9. The van der Waals surface area contributed by atoms with E-state index in [2.05, 4.69) is 5.32 Å². The number of hydrogen-bond acceptors (Lipinski definition) is 6. The molecule has 3 saturated heterocycles. The second kappa shape index (κ2) is 6.00. The zero-order valence-corrected chi connectivity index (χ0v) is 15.6. The number of para-hydroxylation sites is 1. The van der Waals surface area contributed by atoms with Crippen molar-refractivity contribution < 1.29 is 28.5 Å². The summed E-state index contributed by atoms with van der Waals surface area (Å²) in [5, 5.41) is 2.92. The van der Waals surface area contributed by atoms with Gasteiger partial charge in [0.1, 0.15) is 18.3 Å². The van der Waals surface area contributed by atoms with Crippen molar-refractivity contribution in [2.45, 2.75) is 76.9 Å². The molecule has 26 heavy (non-hydrogen) atoms. The zero-order chi connectivity index (χ0) is 18.7. The molecule has 1 N–H and O–H groups in total. The maximum absolute atomic E-state index is 13.0. The summed E-state index contributed by atoms with van der Waals surface area (Å²) in [6, 6.07) is 7.58. The van der Waals surface area contributed by atoms with E-state index in [1.807, 2.05) is 58.9 Å². The number of anilines is 1. The summed E-state index contributed by atoms with van der Waals surface area (Å²) in [4.78, 5) is 13.0. The molecule has 0 radical (unpaired) electrons. The first-order chi connectivity index (χ1) is 12.2. The van der Waals surface area contributed by atoms with Crippen molar-refractivity contribution in [1.82, 2.24) is 0 Å². The summed E-state index contributed by atoms with van der Waals surface area (Å²) in [5.41, 5.74) is 1.71. The summed E-state index contributed by atoms with van der Waals surface area (Å²) in [6.45, 7) is 9.19. The predicted octanol–water partition coefficient (Wildman–Crippen LogP) is 2.33. The van der Waals surface area contributed by atoms with Crippen LogP contribution in [-0.4, -0.2) is 48.2 Å². The van der Waals surface area contributed by atoms with Gasteiger partial charge in [0, 0.05) is 5.69 Å². The molecule has 4 rings (SSSR count). The highest BCUT2D eigenvalue weighted by atomic mass is 16.9. The van der Waals surface area contributed by atoms with E-state index in [4.69, 9.17) is 23.7 Å². The zero-order valence-electron chi connectivity index (χ0n) is 15.6. The Morgan fingerprint density at radius 1 is 0.923 bits per heavy atom. The minimum atomic E-state index is -0.861. The number of carbonyl (C=O) groups is 1. The molecule has 0 saturated carbocycles. The molecule has 3 heterocycles. The smallest absolute Gasteiger partial charge is 0.256 e. The second-order valence-corrected chi connectivity index (χ2v) is 7.89. The van der Waals surface area contributed by atoms with E-state index in [0.29, 0.717) is 0 Å². The van der Waals surface area contributed by atoms with Crippen molar-refractivity contribution in [3.05, 3.63) is 29.8 Å². The highest BCUT2D eigenvalue weighted by Gasteiger charge is 2.62. The fraction of sp³-hybridized carbons (Fsp3) is 0.632. The Morgan fingerprint density at radius 2 is 1.54 bits per heavy atom. The van der Waals surface area contributed by atoms with Gasteiger partial charge in [0.15, 0.2) is 24.0 Å². The Labute approximate surface area is 152 Å². The third kappa shape index (κ3) is 3.14. The van der Waals surface area contributed by atoms with Crippen LogP contribution < -0.4 is 5.32 Å². The number of amides is 1. The van der Waals surface area contributed by atoms with Crippen LogP contribution in [0.1, 0.15) is 33.3 Å². The SMILES string of the molecule is Cc1ccccc1NC(=O)[C@H]1O[C@@H]2OC(C)(C)O[C@@H]2[C@@H]2OC(C)(C)O[C@@H]21. The number of ether oxygens (including phenoxy) is 5. The first-order valence-corrected chi connectivity index (χ1v) is 8.88. The lowest BCUT2D eigenvalue weighted by Crippen LogP contribution is -2.58. The van der Waals surface area contributed by atoms with Crippen molar-refractivity contribution in [1.29, 1.82) is 0 Å². The van der Waals surface area contributed by atoms with E-state index in [9.17, 15) is 4.79 Å². The lowest BCUT2D eigenvalue weighted by molar-refractivity contribution is -0.229. The maximum Gasteiger partial charge on any atom is 0.256 e.